The summed E-state index contributed by atoms with van der Waals surface area (Å²) in [4.78, 5) is 22.2. The quantitative estimate of drug-likeness (QED) is 0.581. The molecule has 1 rings (SSSR count). The molecule has 14 heavy (non-hydrogen) atoms. The molecule has 0 unspecified atom stereocenters. The van der Waals surface area contributed by atoms with E-state index in [1.54, 1.807) is 0 Å². The summed E-state index contributed by atoms with van der Waals surface area (Å²) in [6.07, 6.45) is 1.02. The maximum absolute atomic E-state index is 11.4. The van der Waals surface area contributed by atoms with Crippen molar-refractivity contribution in [1.29, 1.82) is 0 Å². The van der Waals surface area contributed by atoms with Gasteiger partial charge < -0.3 is 16.4 Å². The fourth-order valence-corrected chi connectivity index (χ4v) is 1.21. The molecule has 0 aromatic heterocycles. The molecule has 6 heteroatoms. The van der Waals surface area contributed by atoms with E-state index < -0.39 is 0 Å². The van der Waals surface area contributed by atoms with Crippen LogP contribution in [0.1, 0.15) is 19.8 Å². The highest BCUT2D eigenvalue weighted by Crippen LogP contribution is 2.06. The number of rotatable bonds is 3. The molecule has 0 aliphatic carbocycles. The molecule has 1 saturated heterocycles. The van der Waals surface area contributed by atoms with Crippen LogP contribution in [0.5, 0.6) is 0 Å². The Morgan fingerprint density at radius 3 is 2.86 bits per heavy atom. The molecule has 82 valence electrons. The second-order valence-electron chi connectivity index (χ2n) is 3.30. The smallest absolute Gasteiger partial charge is 0.242 e. The molecule has 0 spiro atoms. The van der Waals surface area contributed by atoms with Gasteiger partial charge in [0.25, 0.3) is 0 Å². The maximum Gasteiger partial charge on any atom is 0.242 e. The summed E-state index contributed by atoms with van der Waals surface area (Å²) in [5.74, 6) is -0.190. The summed E-state index contributed by atoms with van der Waals surface area (Å²) in [6.45, 7) is 2.24. The number of nitrogens with one attached hydrogen (secondary N) is 2. The Hall–Kier alpha value is -0.810. The van der Waals surface area contributed by atoms with E-state index >= 15 is 0 Å². The third-order valence-corrected chi connectivity index (χ3v) is 2.05. The van der Waals surface area contributed by atoms with Gasteiger partial charge in [-0.1, -0.05) is 0 Å². The molecular weight excluding hydrogens is 206 g/mol. The predicted octanol–water partition coefficient (Wildman–Crippen LogP) is -0.850. The number of halogens is 1. The van der Waals surface area contributed by atoms with Crippen molar-refractivity contribution >= 4 is 24.2 Å². The monoisotopic (exact) mass is 221 g/mol. The molecule has 0 aromatic carbocycles. The van der Waals surface area contributed by atoms with Gasteiger partial charge in [-0.2, -0.15) is 0 Å². The zero-order valence-corrected chi connectivity index (χ0v) is 8.89. The van der Waals surface area contributed by atoms with Crippen molar-refractivity contribution in [3.05, 3.63) is 0 Å². The average molecular weight is 222 g/mol. The largest absolute Gasteiger partial charge is 0.351 e. The topological polar surface area (TPSA) is 84.2 Å². The predicted molar refractivity (Wildman–Crippen MR) is 55.1 cm³/mol. The Kier molecular flexibility index (Phi) is 5.49. The maximum atomic E-state index is 11.4. The first-order valence-electron chi connectivity index (χ1n) is 4.43. The van der Waals surface area contributed by atoms with Gasteiger partial charge in [0.2, 0.25) is 11.8 Å². The highest BCUT2D eigenvalue weighted by molar-refractivity contribution is 5.90. The number of carbonyl (C=O) groups excluding carboxylic acids is 2. The minimum atomic E-state index is -0.360. The number of hydrogen-bond donors (Lipinski definition) is 3. The summed E-state index contributed by atoms with van der Waals surface area (Å²) in [6, 6.07) is -0.397. The van der Waals surface area contributed by atoms with Gasteiger partial charge in [-0.3, -0.25) is 9.59 Å². The molecule has 0 saturated carbocycles. The van der Waals surface area contributed by atoms with Gasteiger partial charge in [0.05, 0.1) is 0 Å². The van der Waals surface area contributed by atoms with Crippen molar-refractivity contribution in [2.45, 2.75) is 31.8 Å². The van der Waals surface area contributed by atoms with Crippen LogP contribution in [0.3, 0.4) is 0 Å². The molecule has 2 atom stereocenters. The van der Waals surface area contributed by atoms with Gasteiger partial charge in [-0.15, -0.1) is 12.4 Å². The van der Waals surface area contributed by atoms with Crippen molar-refractivity contribution in [3.63, 3.8) is 0 Å². The lowest BCUT2D eigenvalue weighted by Crippen LogP contribution is -2.47. The zero-order valence-electron chi connectivity index (χ0n) is 8.08. The highest BCUT2D eigenvalue weighted by Gasteiger charge is 2.27. The van der Waals surface area contributed by atoms with Crippen LogP contribution < -0.4 is 16.4 Å². The molecule has 0 radical (unpaired) electrons. The van der Waals surface area contributed by atoms with E-state index in [9.17, 15) is 9.59 Å². The summed E-state index contributed by atoms with van der Waals surface area (Å²) >= 11 is 0. The standard InChI is InChI=1S/C8H15N3O2.ClH/c1-5(4-9)10-8(13)6-2-3-7(12)11-6;/h5-6H,2-4,9H2,1H3,(H,10,13)(H,11,12);1H/t5-,6-;/m0./s1. The van der Waals surface area contributed by atoms with Crippen LogP contribution in [0.2, 0.25) is 0 Å². The van der Waals surface area contributed by atoms with E-state index in [4.69, 9.17) is 5.73 Å². The second-order valence-corrected chi connectivity index (χ2v) is 3.30. The number of hydrogen-bond acceptors (Lipinski definition) is 3. The van der Waals surface area contributed by atoms with Gasteiger partial charge >= 0.3 is 0 Å². The van der Waals surface area contributed by atoms with Gasteiger partial charge in [0.1, 0.15) is 6.04 Å². The van der Waals surface area contributed by atoms with Crippen LogP contribution in [-0.2, 0) is 9.59 Å². The zero-order chi connectivity index (χ0) is 9.84. The SMILES string of the molecule is C[C@@H](CN)NC(=O)[C@@H]1CCC(=O)N1.Cl. The van der Waals surface area contributed by atoms with E-state index in [0.29, 0.717) is 19.4 Å². The van der Waals surface area contributed by atoms with Crippen molar-refractivity contribution in [1.82, 2.24) is 10.6 Å². The lowest BCUT2D eigenvalue weighted by atomic mass is 10.2. The Balaban J connectivity index is 0.00000169. The first kappa shape index (κ1) is 13.2. The third kappa shape index (κ3) is 3.51. The van der Waals surface area contributed by atoms with Gasteiger partial charge in [-0.25, -0.2) is 0 Å². The van der Waals surface area contributed by atoms with E-state index in [2.05, 4.69) is 10.6 Å². The van der Waals surface area contributed by atoms with Crippen LogP contribution >= 0.6 is 12.4 Å². The molecule has 0 bridgehead atoms. The van der Waals surface area contributed by atoms with Crippen molar-refractivity contribution in [2.24, 2.45) is 5.73 Å². The van der Waals surface area contributed by atoms with Crippen LogP contribution in [0, 0.1) is 0 Å². The second kappa shape index (κ2) is 5.82. The lowest BCUT2D eigenvalue weighted by Gasteiger charge is -2.15. The molecule has 1 aliphatic rings. The molecule has 2 amide bonds. The fraction of sp³-hybridized carbons (Fsp3) is 0.750. The van der Waals surface area contributed by atoms with Gasteiger partial charge in [0, 0.05) is 19.0 Å². The molecule has 0 aromatic rings. The molecule has 1 fully saturated rings. The van der Waals surface area contributed by atoms with E-state index in [0.717, 1.165) is 0 Å². The Labute approximate surface area is 89.2 Å². The molecule has 4 N–H and O–H groups in total. The van der Waals surface area contributed by atoms with Gasteiger partial charge in [0.15, 0.2) is 0 Å². The Morgan fingerprint density at radius 2 is 2.43 bits per heavy atom. The normalized spacial score (nSPS) is 22.1. The lowest BCUT2D eigenvalue weighted by molar-refractivity contribution is -0.126. The highest BCUT2D eigenvalue weighted by atomic mass is 35.5. The van der Waals surface area contributed by atoms with Crippen LogP contribution in [0.15, 0.2) is 0 Å². The Bertz CT molecular complexity index is 223. The van der Waals surface area contributed by atoms with Crippen LogP contribution in [-0.4, -0.2) is 30.4 Å². The van der Waals surface area contributed by atoms with Gasteiger partial charge in [-0.05, 0) is 13.3 Å². The summed E-state index contributed by atoms with van der Waals surface area (Å²) in [5.41, 5.74) is 5.34. The Morgan fingerprint density at radius 1 is 1.79 bits per heavy atom. The summed E-state index contributed by atoms with van der Waals surface area (Å²) in [5, 5.41) is 5.30. The average Bonchev–Trinajstić information content (AvgIpc) is 2.51. The molecule has 1 heterocycles. The van der Waals surface area contributed by atoms with Crippen molar-refractivity contribution < 1.29 is 9.59 Å². The fourth-order valence-electron chi connectivity index (χ4n) is 1.21. The molecule has 1 aliphatic heterocycles. The first-order valence-corrected chi connectivity index (χ1v) is 4.43. The number of nitrogens with two attached hydrogens (primary N) is 1. The third-order valence-electron chi connectivity index (χ3n) is 2.05. The summed E-state index contributed by atoms with van der Waals surface area (Å²) in [7, 11) is 0. The van der Waals surface area contributed by atoms with E-state index in [1.165, 1.54) is 0 Å². The van der Waals surface area contributed by atoms with Crippen molar-refractivity contribution in [3.8, 4) is 0 Å². The minimum absolute atomic E-state index is 0. The van der Waals surface area contributed by atoms with Crippen LogP contribution in [0.25, 0.3) is 0 Å². The first-order chi connectivity index (χ1) is 6.13. The van der Waals surface area contributed by atoms with E-state index in [1.807, 2.05) is 6.92 Å². The molecule has 5 nitrogen and oxygen atoms in total. The molecular formula is C8H16ClN3O2. The summed E-state index contributed by atoms with van der Waals surface area (Å²) < 4.78 is 0. The number of amides is 2. The number of carbonyl (C=O) groups is 2. The van der Waals surface area contributed by atoms with Crippen LogP contribution in [0.4, 0.5) is 0 Å². The van der Waals surface area contributed by atoms with Crippen molar-refractivity contribution in [2.75, 3.05) is 6.54 Å². The minimum Gasteiger partial charge on any atom is -0.351 e. The van der Waals surface area contributed by atoms with E-state index in [-0.39, 0.29) is 36.3 Å².